The first-order chi connectivity index (χ1) is 12.7. The van der Waals surface area contributed by atoms with Gasteiger partial charge in [0.1, 0.15) is 0 Å². The summed E-state index contributed by atoms with van der Waals surface area (Å²) < 4.78 is 64.4. The van der Waals surface area contributed by atoms with Gasteiger partial charge in [-0.2, -0.15) is 13.2 Å². The van der Waals surface area contributed by atoms with Crippen LogP contribution < -0.4 is 5.32 Å². The van der Waals surface area contributed by atoms with Gasteiger partial charge in [-0.3, -0.25) is 9.69 Å². The number of alkyl halides is 3. The van der Waals surface area contributed by atoms with E-state index in [2.05, 4.69) is 5.32 Å². The summed E-state index contributed by atoms with van der Waals surface area (Å²) in [4.78, 5) is 14.0. The zero-order valence-electron chi connectivity index (χ0n) is 14.7. The Bertz CT molecular complexity index is 794. The van der Waals surface area contributed by atoms with Crippen molar-refractivity contribution in [2.45, 2.75) is 30.7 Å². The Morgan fingerprint density at radius 3 is 2.56 bits per heavy atom. The molecule has 0 atom stereocenters. The van der Waals surface area contributed by atoms with Crippen molar-refractivity contribution in [1.29, 1.82) is 0 Å². The first kappa shape index (κ1) is 20.1. The number of sulfonamides is 1. The molecule has 3 rings (SSSR count). The van der Waals surface area contributed by atoms with Gasteiger partial charge in [-0.25, -0.2) is 12.7 Å². The second-order valence-electron chi connectivity index (χ2n) is 6.90. The highest BCUT2D eigenvalue weighted by atomic mass is 32.2. The molecule has 1 saturated carbocycles. The molecule has 1 heterocycles. The summed E-state index contributed by atoms with van der Waals surface area (Å²) in [5, 5.41) is 2.22. The van der Waals surface area contributed by atoms with Gasteiger partial charge in [0.15, 0.2) is 0 Å². The lowest BCUT2D eigenvalue weighted by Crippen LogP contribution is -2.39. The van der Waals surface area contributed by atoms with Gasteiger partial charge in [0.05, 0.1) is 17.4 Å². The van der Waals surface area contributed by atoms with Gasteiger partial charge in [0, 0.05) is 25.3 Å². The molecular formula is C17H22F3N3O3S. The van der Waals surface area contributed by atoms with Gasteiger partial charge < -0.3 is 5.32 Å². The van der Waals surface area contributed by atoms with Crippen LogP contribution in [-0.4, -0.2) is 61.5 Å². The molecule has 0 unspecified atom stereocenters. The van der Waals surface area contributed by atoms with Crippen LogP contribution in [0.1, 0.15) is 24.8 Å². The molecule has 1 aliphatic carbocycles. The third kappa shape index (κ3) is 5.20. The van der Waals surface area contributed by atoms with E-state index in [1.807, 2.05) is 4.90 Å². The molecule has 1 saturated heterocycles. The lowest BCUT2D eigenvalue weighted by molar-refractivity contribution is -0.137. The van der Waals surface area contributed by atoms with Crippen LogP contribution in [0.5, 0.6) is 0 Å². The monoisotopic (exact) mass is 405 g/mol. The topological polar surface area (TPSA) is 69.7 Å². The molecule has 0 radical (unpaired) electrons. The van der Waals surface area contributed by atoms with Gasteiger partial charge in [0.25, 0.3) is 0 Å². The van der Waals surface area contributed by atoms with E-state index in [0.717, 1.165) is 12.1 Å². The van der Waals surface area contributed by atoms with Crippen molar-refractivity contribution in [3.8, 4) is 0 Å². The summed E-state index contributed by atoms with van der Waals surface area (Å²) in [5.74, 6) is -0.423. The van der Waals surface area contributed by atoms with E-state index in [-0.39, 0.29) is 17.5 Å². The predicted molar refractivity (Wildman–Crippen MR) is 94.6 cm³/mol. The Labute approximate surface area is 156 Å². The van der Waals surface area contributed by atoms with Crippen LogP contribution in [0.15, 0.2) is 24.3 Å². The first-order valence-electron chi connectivity index (χ1n) is 8.85. The maximum absolute atomic E-state index is 12.7. The smallest absolute Gasteiger partial charge is 0.325 e. The van der Waals surface area contributed by atoms with Crippen LogP contribution >= 0.6 is 0 Å². The number of carbonyl (C=O) groups excluding carboxylic acids is 1. The van der Waals surface area contributed by atoms with Crippen molar-refractivity contribution in [2.24, 2.45) is 0 Å². The van der Waals surface area contributed by atoms with E-state index in [1.165, 1.54) is 16.4 Å². The fourth-order valence-electron chi connectivity index (χ4n) is 3.11. The van der Waals surface area contributed by atoms with Crippen molar-refractivity contribution in [3.05, 3.63) is 29.8 Å². The Balaban J connectivity index is 1.54. The summed E-state index contributed by atoms with van der Waals surface area (Å²) >= 11 is 0. The number of benzene rings is 1. The standard InChI is InChI=1S/C17H22F3N3O3S/c18-17(19,20)13-3-1-4-14(11-13)21-16(24)12-22-7-2-8-23(10-9-22)27(25,26)15-5-6-15/h1,3-4,11,15H,2,5-10,12H2,(H,21,24). The van der Waals surface area contributed by atoms with Gasteiger partial charge in [-0.15, -0.1) is 0 Å². The number of nitrogens with one attached hydrogen (secondary N) is 1. The molecule has 6 nitrogen and oxygen atoms in total. The minimum atomic E-state index is -4.47. The molecule has 1 N–H and O–H groups in total. The fourth-order valence-corrected chi connectivity index (χ4v) is 4.99. The van der Waals surface area contributed by atoms with Crippen molar-refractivity contribution in [2.75, 3.05) is 38.0 Å². The third-order valence-corrected chi connectivity index (χ3v) is 7.09. The normalized spacial score (nSPS) is 20.3. The quantitative estimate of drug-likeness (QED) is 0.815. The summed E-state index contributed by atoms with van der Waals surface area (Å²) in [6.45, 7) is 1.75. The zero-order valence-corrected chi connectivity index (χ0v) is 15.5. The highest BCUT2D eigenvalue weighted by Gasteiger charge is 2.40. The maximum atomic E-state index is 12.7. The van der Waals surface area contributed by atoms with Crippen LogP contribution in [0.25, 0.3) is 0 Å². The summed E-state index contributed by atoms with van der Waals surface area (Å²) in [7, 11) is -3.23. The number of rotatable bonds is 5. The molecule has 10 heteroatoms. The Kier molecular flexibility index (Phi) is 5.78. The lowest BCUT2D eigenvalue weighted by Gasteiger charge is -2.21. The van der Waals surface area contributed by atoms with Crippen LogP contribution in [0, 0.1) is 0 Å². The van der Waals surface area contributed by atoms with Crippen molar-refractivity contribution < 1.29 is 26.4 Å². The minimum Gasteiger partial charge on any atom is -0.325 e. The highest BCUT2D eigenvalue weighted by molar-refractivity contribution is 7.90. The molecule has 1 amide bonds. The largest absolute Gasteiger partial charge is 0.416 e. The van der Waals surface area contributed by atoms with Crippen molar-refractivity contribution in [1.82, 2.24) is 9.21 Å². The number of carbonyl (C=O) groups is 1. The number of hydrogen-bond donors (Lipinski definition) is 1. The molecule has 0 aromatic heterocycles. The summed E-state index contributed by atoms with van der Waals surface area (Å²) in [6.07, 6.45) is -2.44. The van der Waals surface area contributed by atoms with Crippen LogP contribution in [-0.2, 0) is 21.0 Å². The molecule has 1 aromatic carbocycles. The summed E-state index contributed by atoms with van der Waals surface area (Å²) in [6, 6.07) is 4.48. The predicted octanol–water partition coefficient (Wildman–Crippen LogP) is 2.14. The number of amides is 1. The van der Waals surface area contributed by atoms with Crippen LogP contribution in [0.3, 0.4) is 0 Å². The van der Waals surface area contributed by atoms with Gasteiger partial charge in [0.2, 0.25) is 15.9 Å². The molecule has 0 bridgehead atoms. The second kappa shape index (κ2) is 7.76. The van der Waals surface area contributed by atoms with Crippen LogP contribution in [0.2, 0.25) is 0 Å². The molecule has 2 fully saturated rings. The molecule has 0 spiro atoms. The highest BCUT2D eigenvalue weighted by Crippen LogP contribution is 2.32. The zero-order chi connectivity index (χ0) is 19.7. The SMILES string of the molecule is O=C(CN1CCCN(S(=O)(=O)C2CC2)CC1)Nc1cccc(C(F)(F)F)c1. The average Bonchev–Trinajstić information content (AvgIpc) is 3.42. The third-order valence-electron chi connectivity index (χ3n) is 4.69. The van der Waals surface area contributed by atoms with Gasteiger partial charge in [-0.05, 0) is 44.0 Å². The van der Waals surface area contributed by atoms with Gasteiger partial charge in [-0.1, -0.05) is 6.07 Å². The number of nitrogens with zero attached hydrogens (tertiary/aromatic N) is 2. The lowest BCUT2D eigenvalue weighted by atomic mass is 10.2. The molecule has 27 heavy (non-hydrogen) atoms. The second-order valence-corrected chi connectivity index (χ2v) is 9.11. The van der Waals surface area contributed by atoms with E-state index in [1.54, 1.807) is 0 Å². The van der Waals surface area contributed by atoms with E-state index in [0.29, 0.717) is 45.4 Å². The first-order valence-corrected chi connectivity index (χ1v) is 10.3. The van der Waals surface area contributed by atoms with Crippen LogP contribution in [0.4, 0.5) is 18.9 Å². The molecule has 150 valence electrons. The minimum absolute atomic E-state index is 0.00750. The molecule has 1 aliphatic heterocycles. The fraction of sp³-hybridized carbons (Fsp3) is 0.588. The van der Waals surface area contributed by atoms with E-state index in [4.69, 9.17) is 0 Å². The average molecular weight is 405 g/mol. The Morgan fingerprint density at radius 1 is 1.15 bits per heavy atom. The summed E-state index contributed by atoms with van der Waals surface area (Å²) in [5.41, 5.74) is -0.737. The molecule has 1 aromatic rings. The number of hydrogen-bond acceptors (Lipinski definition) is 4. The van der Waals surface area contributed by atoms with Crippen molar-refractivity contribution in [3.63, 3.8) is 0 Å². The number of anilines is 1. The van der Waals surface area contributed by atoms with E-state index < -0.39 is 27.7 Å². The Hall–Kier alpha value is -1.65. The van der Waals surface area contributed by atoms with Gasteiger partial charge >= 0.3 is 6.18 Å². The van der Waals surface area contributed by atoms with E-state index in [9.17, 15) is 26.4 Å². The molecule has 2 aliphatic rings. The Morgan fingerprint density at radius 2 is 1.89 bits per heavy atom. The van der Waals surface area contributed by atoms with E-state index >= 15 is 0 Å². The number of halogens is 3. The maximum Gasteiger partial charge on any atom is 0.416 e. The van der Waals surface area contributed by atoms with Crippen molar-refractivity contribution >= 4 is 21.6 Å². The molecular weight excluding hydrogens is 383 g/mol.